The second-order valence-electron chi connectivity index (χ2n) is 4.96. The minimum atomic E-state index is -0.401. The molecule has 1 N–H and O–H groups in total. The normalized spacial score (nSPS) is 12.0. The Balaban J connectivity index is 2.14. The van der Waals surface area contributed by atoms with Crippen LogP contribution < -0.4 is 4.74 Å². The highest BCUT2D eigenvalue weighted by Crippen LogP contribution is 2.20. The van der Waals surface area contributed by atoms with E-state index in [0.29, 0.717) is 26.1 Å². The molecule has 0 unspecified atom stereocenters. The van der Waals surface area contributed by atoms with E-state index in [1.165, 1.54) is 0 Å². The minimum absolute atomic E-state index is 0.122. The number of carbonyl (C=O) groups is 1. The van der Waals surface area contributed by atoms with Crippen LogP contribution in [0.25, 0.3) is 0 Å². The molecule has 0 radical (unpaired) electrons. The van der Waals surface area contributed by atoms with Gasteiger partial charge in [-0.05, 0) is 50.3 Å². The van der Waals surface area contributed by atoms with Crippen molar-refractivity contribution in [1.82, 2.24) is 0 Å². The van der Waals surface area contributed by atoms with Gasteiger partial charge in [-0.15, -0.1) is 0 Å². The molecule has 0 aliphatic carbocycles. The van der Waals surface area contributed by atoms with Crippen molar-refractivity contribution in [3.05, 3.63) is 29.8 Å². The highest BCUT2D eigenvalue weighted by molar-refractivity contribution is 5.69. The minimum Gasteiger partial charge on any atom is -0.494 e. The molecule has 0 heterocycles. The van der Waals surface area contributed by atoms with Crippen molar-refractivity contribution in [1.29, 1.82) is 0 Å². The fourth-order valence-corrected chi connectivity index (χ4v) is 1.99. The van der Waals surface area contributed by atoms with Crippen molar-refractivity contribution in [2.45, 2.75) is 52.1 Å². The van der Waals surface area contributed by atoms with Crippen LogP contribution in [0.4, 0.5) is 0 Å². The first-order valence-electron chi connectivity index (χ1n) is 7.73. The molecule has 0 fully saturated rings. The number of carbonyl (C=O) groups excluding carboxylic acids is 1. The van der Waals surface area contributed by atoms with E-state index in [0.717, 1.165) is 30.6 Å². The Kier molecular flexibility index (Phi) is 8.51. The van der Waals surface area contributed by atoms with Crippen LogP contribution in [0.5, 0.6) is 5.75 Å². The second-order valence-corrected chi connectivity index (χ2v) is 4.96. The first-order chi connectivity index (χ1) is 10.2. The van der Waals surface area contributed by atoms with Crippen LogP contribution in [-0.2, 0) is 9.53 Å². The van der Waals surface area contributed by atoms with E-state index in [9.17, 15) is 9.90 Å². The fraction of sp³-hybridized carbons (Fsp3) is 0.588. The zero-order chi connectivity index (χ0) is 15.5. The molecule has 1 aromatic carbocycles. The van der Waals surface area contributed by atoms with Gasteiger partial charge < -0.3 is 14.6 Å². The molecular weight excluding hydrogens is 268 g/mol. The lowest BCUT2D eigenvalue weighted by Gasteiger charge is -2.10. The highest BCUT2D eigenvalue weighted by atomic mass is 16.5. The summed E-state index contributed by atoms with van der Waals surface area (Å²) in [7, 11) is 0. The summed E-state index contributed by atoms with van der Waals surface area (Å²) in [5.74, 6) is 0.691. The third-order valence-corrected chi connectivity index (χ3v) is 3.25. The van der Waals surface area contributed by atoms with Gasteiger partial charge in [-0.2, -0.15) is 0 Å². The lowest BCUT2D eigenvalue weighted by Crippen LogP contribution is -2.04. The number of ether oxygens (including phenoxy) is 2. The van der Waals surface area contributed by atoms with Gasteiger partial charge in [0, 0.05) is 6.42 Å². The molecule has 118 valence electrons. The van der Waals surface area contributed by atoms with E-state index in [2.05, 4.69) is 0 Å². The summed E-state index contributed by atoms with van der Waals surface area (Å²) in [6.07, 6.45) is 3.49. The summed E-state index contributed by atoms with van der Waals surface area (Å²) >= 11 is 0. The van der Waals surface area contributed by atoms with Crippen LogP contribution in [0.15, 0.2) is 24.3 Å². The molecule has 1 aromatic rings. The van der Waals surface area contributed by atoms with Crippen molar-refractivity contribution in [2.24, 2.45) is 0 Å². The first kappa shape index (κ1) is 17.5. The van der Waals surface area contributed by atoms with Gasteiger partial charge in [-0.1, -0.05) is 19.1 Å². The van der Waals surface area contributed by atoms with E-state index in [1.807, 2.05) is 38.1 Å². The maximum atomic E-state index is 11.1. The molecule has 0 spiro atoms. The van der Waals surface area contributed by atoms with Gasteiger partial charge in [-0.25, -0.2) is 0 Å². The van der Waals surface area contributed by atoms with Crippen molar-refractivity contribution in [2.75, 3.05) is 13.2 Å². The zero-order valence-corrected chi connectivity index (χ0v) is 13.0. The van der Waals surface area contributed by atoms with Gasteiger partial charge >= 0.3 is 5.97 Å². The summed E-state index contributed by atoms with van der Waals surface area (Å²) in [6.45, 7) is 4.85. The molecule has 1 rings (SSSR count). The Bertz CT molecular complexity index is 400. The molecule has 0 amide bonds. The van der Waals surface area contributed by atoms with Crippen molar-refractivity contribution >= 4 is 5.97 Å². The smallest absolute Gasteiger partial charge is 0.305 e. The number of aliphatic hydroxyl groups excluding tert-OH is 1. The molecular formula is C17H26O4. The number of aliphatic hydroxyl groups is 1. The van der Waals surface area contributed by atoms with Crippen LogP contribution in [0.1, 0.15) is 57.6 Å². The van der Waals surface area contributed by atoms with Crippen LogP contribution >= 0.6 is 0 Å². The van der Waals surface area contributed by atoms with Gasteiger partial charge in [0.1, 0.15) is 5.75 Å². The molecule has 0 aliphatic rings. The molecule has 4 nitrogen and oxygen atoms in total. The Morgan fingerprint density at radius 2 is 1.86 bits per heavy atom. The Morgan fingerprint density at radius 1 is 1.14 bits per heavy atom. The van der Waals surface area contributed by atoms with E-state index in [4.69, 9.17) is 9.47 Å². The van der Waals surface area contributed by atoms with Gasteiger partial charge in [0.05, 0.1) is 19.3 Å². The van der Waals surface area contributed by atoms with E-state index < -0.39 is 6.10 Å². The summed E-state index contributed by atoms with van der Waals surface area (Å²) in [5, 5.41) is 9.70. The molecule has 0 aromatic heterocycles. The molecule has 1 atom stereocenters. The first-order valence-corrected chi connectivity index (χ1v) is 7.73. The van der Waals surface area contributed by atoms with Crippen LogP contribution in [0, 0.1) is 0 Å². The lowest BCUT2D eigenvalue weighted by atomic mass is 10.1. The Labute approximate surface area is 127 Å². The van der Waals surface area contributed by atoms with E-state index in [-0.39, 0.29) is 5.97 Å². The summed E-state index contributed by atoms with van der Waals surface area (Å²) in [5.41, 5.74) is 0.916. The molecule has 0 bridgehead atoms. The van der Waals surface area contributed by atoms with Gasteiger partial charge in [0.25, 0.3) is 0 Å². The summed E-state index contributed by atoms with van der Waals surface area (Å²) < 4.78 is 10.5. The van der Waals surface area contributed by atoms with Crippen LogP contribution in [-0.4, -0.2) is 24.3 Å². The summed E-state index contributed by atoms with van der Waals surface area (Å²) in [4.78, 5) is 11.1. The Hall–Kier alpha value is -1.55. The number of hydrogen-bond donors (Lipinski definition) is 1. The maximum absolute atomic E-state index is 11.1. The van der Waals surface area contributed by atoms with Crippen LogP contribution in [0.2, 0.25) is 0 Å². The predicted molar refractivity (Wildman–Crippen MR) is 82.3 cm³/mol. The van der Waals surface area contributed by atoms with Gasteiger partial charge in [-0.3, -0.25) is 4.79 Å². The maximum Gasteiger partial charge on any atom is 0.305 e. The van der Waals surface area contributed by atoms with Crippen molar-refractivity contribution in [3.8, 4) is 5.75 Å². The SMILES string of the molecule is CCOC(=O)CCCCCOc1ccc([C@@H](O)CC)cc1. The largest absolute Gasteiger partial charge is 0.494 e. The van der Waals surface area contributed by atoms with Crippen LogP contribution in [0.3, 0.4) is 0 Å². The van der Waals surface area contributed by atoms with Crippen molar-refractivity contribution < 1.29 is 19.4 Å². The molecule has 0 aliphatic heterocycles. The Morgan fingerprint density at radius 3 is 2.48 bits per heavy atom. The number of benzene rings is 1. The number of unbranched alkanes of at least 4 members (excludes halogenated alkanes) is 2. The topological polar surface area (TPSA) is 55.8 Å². The fourth-order valence-electron chi connectivity index (χ4n) is 1.99. The van der Waals surface area contributed by atoms with Crippen molar-refractivity contribution in [3.63, 3.8) is 0 Å². The standard InChI is InChI=1S/C17H26O4/c1-3-16(18)14-9-11-15(12-10-14)21-13-7-5-6-8-17(19)20-4-2/h9-12,16,18H,3-8,13H2,1-2H3/t16-/m0/s1. The third kappa shape index (κ3) is 7.14. The number of hydrogen-bond acceptors (Lipinski definition) is 4. The zero-order valence-electron chi connectivity index (χ0n) is 13.0. The van der Waals surface area contributed by atoms with Gasteiger partial charge in [0.2, 0.25) is 0 Å². The third-order valence-electron chi connectivity index (χ3n) is 3.25. The molecule has 0 saturated carbocycles. The molecule has 0 saturated heterocycles. The number of rotatable bonds is 10. The highest BCUT2D eigenvalue weighted by Gasteiger charge is 2.04. The summed E-state index contributed by atoms with van der Waals surface area (Å²) in [6, 6.07) is 7.55. The number of esters is 1. The average molecular weight is 294 g/mol. The molecule has 4 heteroatoms. The predicted octanol–water partition coefficient (Wildman–Crippen LogP) is 3.63. The van der Waals surface area contributed by atoms with Gasteiger partial charge in [0.15, 0.2) is 0 Å². The quantitative estimate of drug-likeness (QED) is 0.529. The van der Waals surface area contributed by atoms with E-state index >= 15 is 0 Å². The second kappa shape index (κ2) is 10.2. The average Bonchev–Trinajstić information content (AvgIpc) is 2.51. The van der Waals surface area contributed by atoms with E-state index in [1.54, 1.807) is 0 Å². The molecule has 21 heavy (non-hydrogen) atoms. The monoisotopic (exact) mass is 294 g/mol. The lowest BCUT2D eigenvalue weighted by molar-refractivity contribution is -0.143.